The summed E-state index contributed by atoms with van der Waals surface area (Å²) in [5, 5.41) is 3.43. The van der Waals surface area contributed by atoms with Gasteiger partial charge in [-0.05, 0) is 18.4 Å². The van der Waals surface area contributed by atoms with E-state index in [0.717, 1.165) is 21.0 Å². The first-order valence-electron chi connectivity index (χ1n) is 5.85. The summed E-state index contributed by atoms with van der Waals surface area (Å²) in [7, 11) is 0. The molecule has 0 N–H and O–H groups in total. The van der Waals surface area contributed by atoms with Crippen molar-refractivity contribution in [2.24, 2.45) is 0 Å². The first kappa shape index (κ1) is 11.2. The van der Waals surface area contributed by atoms with Crippen LogP contribution in [0.3, 0.4) is 0 Å². The Kier molecular flexibility index (Phi) is 2.99. The lowest BCUT2D eigenvalue weighted by Crippen LogP contribution is -1.93. The van der Waals surface area contributed by atoms with E-state index in [-0.39, 0.29) is 0 Å². The second-order valence-corrected chi connectivity index (χ2v) is 5.43. The van der Waals surface area contributed by atoms with Crippen molar-refractivity contribution in [3.05, 3.63) is 58.5 Å². The molecule has 0 unspecified atom stereocenters. The lowest BCUT2D eigenvalue weighted by atomic mass is 10.1. The first-order chi connectivity index (χ1) is 8.83. The fraction of sp³-hybridized carbons (Fsp3) is 0.133. The molecule has 2 aromatic carbocycles. The van der Waals surface area contributed by atoms with Crippen LogP contribution < -0.4 is 4.74 Å². The maximum absolute atomic E-state index is 5.89. The second-order valence-electron chi connectivity index (χ2n) is 4.11. The van der Waals surface area contributed by atoms with Crippen LogP contribution in [-0.2, 0) is 6.61 Å². The van der Waals surface area contributed by atoms with Gasteiger partial charge in [0.15, 0.2) is 0 Å². The minimum Gasteiger partial charge on any atom is -0.487 e. The molecule has 0 bridgehead atoms. The van der Waals surface area contributed by atoms with E-state index in [9.17, 15) is 0 Å². The molecule has 1 aromatic heterocycles. The predicted octanol–water partition coefficient (Wildman–Crippen LogP) is 4.18. The number of aryl methyl sites for hydroxylation is 1. The number of hydrogen-bond donors (Lipinski definition) is 0. The van der Waals surface area contributed by atoms with Crippen molar-refractivity contribution >= 4 is 22.1 Å². The smallest absolute Gasteiger partial charge is 0.127 e. The quantitative estimate of drug-likeness (QED) is 0.700. The molecule has 0 atom stereocenters. The molecule has 0 aliphatic rings. The van der Waals surface area contributed by atoms with Gasteiger partial charge < -0.3 is 4.74 Å². The SMILES string of the molecule is Cc1ncc(COc2cccc3ccccc23)s1. The minimum atomic E-state index is 0.583. The van der Waals surface area contributed by atoms with E-state index in [1.165, 1.54) is 5.39 Å². The van der Waals surface area contributed by atoms with E-state index in [4.69, 9.17) is 4.74 Å². The monoisotopic (exact) mass is 255 g/mol. The van der Waals surface area contributed by atoms with Crippen LogP contribution >= 0.6 is 11.3 Å². The molecular weight excluding hydrogens is 242 g/mol. The first-order valence-corrected chi connectivity index (χ1v) is 6.66. The van der Waals surface area contributed by atoms with Crippen LogP contribution in [0, 0.1) is 6.92 Å². The van der Waals surface area contributed by atoms with E-state index in [1.807, 2.05) is 37.4 Å². The number of hydrogen-bond acceptors (Lipinski definition) is 3. The third-order valence-corrected chi connectivity index (χ3v) is 3.67. The summed E-state index contributed by atoms with van der Waals surface area (Å²) in [5.74, 6) is 0.930. The van der Waals surface area contributed by atoms with Gasteiger partial charge in [-0.2, -0.15) is 0 Å². The molecule has 1 heterocycles. The Labute approximate surface area is 110 Å². The summed E-state index contributed by atoms with van der Waals surface area (Å²) in [6.45, 7) is 2.59. The van der Waals surface area contributed by atoms with Crippen LogP contribution in [0.5, 0.6) is 5.75 Å². The number of thiazole rings is 1. The molecule has 0 fully saturated rings. The molecule has 3 heteroatoms. The lowest BCUT2D eigenvalue weighted by Gasteiger charge is -2.07. The molecule has 0 aliphatic heterocycles. The van der Waals surface area contributed by atoms with Gasteiger partial charge in [-0.3, -0.25) is 0 Å². The molecule has 0 aliphatic carbocycles. The highest BCUT2D eigenvalue weighted by molar-refractivity contribution is 7.11. The molecule has 0 spiro atoms. The van der Waals surface area contributed by atoms with Crippen molar-refractivity contribution in [2.45, 2.75) is 13.5 Å². The van der Waals surface area contributed by atoms with Crippen molar-refractivity contribution in [3.63, 3.8) is 0 Å². The van der Waals surface area contributed by atoms with Crippen molar-refractivity contribution in [1.29, 1.82) is 0 Å². The zero-order valence-corrected chi connectivity index (χ0v) is 10.9. The van der Waals surface area contributed by atoms with E-state index >= 15 is 0 Å². The molecule has 0 saturated heterocycles. The number of aromatic nitrogens is 1. The number of fused-ring (bicyclic) bond motifs is 1. The molecule has 90 valence electrons. The molecule has 0 radical (unpaired) electrons. The van der Waals surface area contributed by atoms with Gasteiger partial charge in [-0.25, -0.2) is 4.98 Å². The molecule has 0 saturated carbocycles. The Bertz CT molecular complexity index is 670. The fourth-order valence-electron chi connectivity index (χ4n) is 1.94. The Hall–Kier alpha value is -1.87. The highest BCUT2D eigenvalue weighted by Crippen LogP contribution is 2.26. The van der Waals surface area contributed by atoms with Crippen LogP contribution in [0.15, 0.2) is 48.7 Å². The van der Waals surface area contributed by atoms with E-state index in [2.05, 4.69) is 23.2 Å². The van der Waals surface area contributed by atoms with Gasteiger partial charge in [0.1, 0.15) is 12.4 Å². The standard InChI is InChI=1S/C15H13NOS/c1-11-16-9-13(18-11)10-17-15-8-4-6-12-5-2-3-7-14(12)15/h2-9H,10H2,1H3. The summed E-state index contributed by atoms with van der Waals surface area (Å²) < 4.78 is 5.89. The van der Waals surface area contributed by atoms with Crippen LogP contribution in [-0.4, -0.2) is 4.98 Å². The molecule has 0 amide bonds. The summed E-state index contributed by atoms with van der Waals surface area (Å²) in [6, 6.07) is 14.4. The average molecular weight is 255 g/mol. The fourth-order valence-corrected chi connectivity index (χ4v) is 2.65. The highest BCUT2D eigenvalue weighted by atomic mass is 32.1. The van der Waals surface area contributed by atoms with Gasteiger partial charge in [0.05, 0.1) is 9.88 Å². The number of nitrogens with zero attached hydrogens (tertiary/aromatic N) is 1. The highest BCUT2D eigenvalue weighted by Gasteiger charge is 2.03. The Morgan fingerprint density at radius 3 is 2.78 bits per heavy atom. The van der Waals surface area contributed by atoms with Crippen molar-refractivity contribution < 1.29 is 4.74 Å². The summed E-state index contributed by atoms with van der Waals surface area (Å²) in [6.07, 6.45) is 1.88. The van der Waals surface area contributed by atoms with Gasteiger partial charge in [0.25, 0.3) is 0 Å². The third-order valence-electron chi connectivity index (χ3n) is 2.79. The van der Waals surface area contributed by atoms with Crippen molar-refractivity contribution in [2.75, 3.05) is 0 Å². The number of rotatable bonds is 3. The zero-order valence-electron chi connectivity index (χ0n) is 10.1. The van der Waals surface area contributed by atoms with Gasteiger partial charge >= 0.3 is 0 Å². The molecule has 3 rings (SSSR count). The lowest BCUT2D eigenvalue weighted by molar-refractivity contribution is 0.313. The third kappa shape index (κ3) is 2.22. The Balaban J connectivity index is 1.86. The Morgan fingerprint density at radius 1 is 1.11 bits per heavy atom. The van der Waals surface area contributed by atoms with E-state index in [0.29, 0.717) is 6.61 Å². The predicted molar refractivity (Wildman–Crippen MR) is 75.1 cm³/mol. The van der Waals surface area contributed by atoms with Gasteiger partial charge in [0.2, 0.25) is 0 Å². The zero-order chi connectivity index (χ0) is 12.4. The number of ether oxygens (including phenoxy) is 1. The van der Waals surface area contributed by atoms with Crippen LogP contribution in [0.1, 0.15) is 9.88 Å². The van der Waals surface area contributed by atoms with Crippen LogP contribution in [0.4, 0.5) is 0 Å². The van der Waals surface area contributed by atoms with Gasteiger partial charge in [-0.15, -0.1) is 11.3 Å². The average Bonchev–Trinajstić information content (AvgIpc) is 2.82. The topological polar surface area (TPSA) is 22.1 Å². The largest absolute Gasteiger partial charge is 0.487 e. The summed E-state index contributed by atoms with van der Waals surface area (Å²) in [5.41, 5.74) is 0. The van der Waals surface area contributed by atoms with Crippen LogP contribution in [0.2, 0.25) is 0 Å². The summed E-state index contributed by atoms with van der Waals surface area (Å²) in [4.78, 5) is 5.38. The normalized spacial score (nSPS) is 10.7. The van der Waals surface area contributed by atoms with Crippen LogP contribution in [0.25, 0.3) is 10.8 Å². The molecule has 18 heavy (non-hydrogen) atoms. The molecule has 3 aromatic rings. The van der Waals surface area contributed by atoms with E-state index < -0.39 is 0 Å². The Morgan fingerprint density at radius 2 is 1.94 bits per heavy atom. The van der Waals surface area contributed by atoms with Gasteiger partial charge in [-0.1, -0.05) is 36.4 Å². The van der Waals surface area contributed by atoms with Crippen molar-refractivity contribution in [3.8, 4) is 5.75 Å². The number of benzene rings is 2. The molecular formula is C15H13NOS. The molecule has 2 nitrogen and oxygen atoms in total. The van der Waals surface area contributed by atoms with Gasteiger partial charge in [0, 0.05) is 11.6 Å². The minimum absolute atomic E-state index is 0.583. The maximum Gasteiger partial charge on any atom is 0.127 e. The van der Waals surface area contributed by atoms with Crippen molar-refractivity contribution in [1.82, 2.24) is 4.98 Å². The maximum atomic E-state index is 5.89. The summed E-state index contributed by atoms with van der Waals surface area (Å²) >= 11 is 1.68. The second kappa shape index (κ2) is 4.78. The van der Waals surface area contributed by atoms with E-state index in [1.54, 1.807) is 11.3 Å².